The molecule has 0 radical (unpaired) electrons. The molecule has 0 N–H and O–H groups in total. The lowest BCUT2D eigenvalue weighted by atomic mass is 10.2. The van der Waals surface area contributed by atoms with Crippen molar-refractivity contribution in [3.8, 4) is 5.75 Å². The SMILES string of the molecule is O=[N+]([O-])c1ccc(OC(=S)c2ccccc2)c([N+](=O)[O-])c1. The highest BCUT2D eigenvalue weighted by Gasteiger charge is 2.22. The van der Waals surface area contributed by atoms with E-state index in [1.165, 1.54) is 0 Å². The lowest BCUT2D eigenvalue weighted by molar-refractivity contribution is -0.394. The van der Waals surface area contributed by atoms with E-state index in [-0.39, 0.29) is 16.5 Å². The van der Waals surface area contributed by atoms with Gasteiger partial charge in [0.2, 0.25) is 5.75 Å². The molecule has 0 saturated heterocycles. The lowest BCUT2D eigenvalue weighted by Crippen LogP contribution is -2.08. The van der Waals surface area contributed by atoms with Crippen molar-refractivity contribution < 1.29 is 14.6 Å². The van der Waals surface area contributed by atoms with Crippen LogP contribution in [-0.4, -0.2) is 14.9 Å². The molecule has 0 bridgehead atoms. The first kappa shape index (κ1) is 14.5. The lowest BCUT2D eigenvalue weighted by Gasteiger charge is -2.07. The molecular weight excluding hydrogens is 296 g/mol. The van der Waals surface area contributed by atoms with Gasteiger partial charge in [0.25, 0.3) is 5.69 Å². The molecule has 2 rings (SSSR count). The minimum absolute atomic E-state index is 0.0487. The molecule has 21 heavy (non-hydrogen) atoms. The van der Waals surface area contributed by atoms with Gasteiger partial charge in [0, 0.05) is 11.6 Å². The van der Waals surface area contributed by atoms with Gasteiger partial charge in [-0.2, -0.15) is 0 Å². The van der Waals surface area contributed by atoms with E-state index in [0.29, 0.717) is 5.56 Å². The fourth-order valence-electron chi connectivity index (χ4n) is 1.58. The Morgan fingerprint density at radius 2 is 1.67 bits per heavy atom. The van der Waals surface area contributed by atoms with Gasteiger partial charge in [0.05, 0.1) is 15.9 Å². The van der Waals surface area contributed by atoms with Gasteiger partial charge >= 0.3 is 5.69 Å². The van der Waals surface area contributed by atoms with Crippen LogP contribution in [-0.2, 0) is 0 Å². The monoisotopic (exact) mass is 304 g/mol. The molecule has 106 valence electrons. The minimum atomic E-state index is -0.754. The molecule has 0 aliphatic carbocycles. The van der Waals surface area contributed by atoms with Crippen molar-refractivity contribution in [2.75, 3.05) is 0 Å². The Labute approximate surface area is 124 Å². The summed E-state index contributed by atoms with van der Waals surface area (Å²) in [4.78, 5) is 20.2. The zero-order valence-electron chi connectivity index (χ0n) is 10.5. The number of non-ortho nitro benzene ring substituents is 1. The van der Waals surface area contributed by atoms with Crippen molar-refractivity contribution in [3.63, 3.8) is 0 Å². The summed E-state index contributed by atoms with van der Waals surface area (Å²) in [5, 5.41) is 21.7. The zero-order valence-corrected chi connectivity index (χ0v) is 11.3. The Morgan fingerprint density at radius 1 is 1.00 bits per heavy atom. The van der Waals surface area contributed by atoms with E-state index in [0.717, 1.165) is 18.2 Å². The maximum atomic E-state index is 11.0. The van der Waals surface area contributed by atoms with Gasteiger partial charge in [-0.25, -0.2) is 0 Å². The zero-order chi connectivity index (χ0) is 15.4. The highest BCUT2D eigenvalue weighted by Crippen LogP contribution is 2.31. The second-order valence-electron chi connectivity index (χ2n) is 3.92. The van der Waals surface area contributed by atoms with Crippen molar-refractivity contribution in [1.82, 2.24) is 0 Å². The first-order chi connectivity index (χ1) is 9.99. The summed E-state index contributed by atoms with van der Waals surface area (Å²) in [6.07, 6.45) is 0. The molecule has 2 aromatic rings. The van der Waals surface area contributed by atoms with E-state index in [2.05, 4.69) is 0 Å². The molecule has 0 aliphatic heterocycles. The van der Waals surface area contributed by atoms with Crippen LogP contribution < -0.4 is 4.74 Å². The van der Waals surface area contributed by atoms with Gasteiger partial charge < -0.3 is 4.74 Å². The normalized spacial score (nSPS) is 9.90. The van der Waals surface area contributed by atoms with E-state index >= 15 is 0 Å². The second-order valence-corrected chi connectivity index (χ2v) is 4.29. The maximum Gasteiger partial charge on any atom is 0.318 e. The maximum absolute atomic E-state index is 11.0. The van der Waals surface area contributed by atoms with Crippen molar-refractivity contribution in [1.29, 1.82) is 0 Å². The van der Waals surface area contributed by atoms with Crippen LogP contribution in [0.25, 0.3) is 0 Å². The molecule has 0 amide bonds. The summed E-state index contributed by atoms with van der Waals surface area (Å²) in [5.74, 6) is -0.139. The number of benzene rings is 2. The third kappa shape index (κ3) is 3.37. The standard InChI is InChI=1S/C13H8N2O5S/c16-14(17)10-6-7-12(11(8-10)15(18)19)20-13(21)9-4-2-1-3-5-9/h1-8H. The molecule has 7 nitrogen and oxygen atoms in total. The summed E-state index contributed by atoms with van der Waals surface area (Å²) in [6, 6.07) is 11.8. The largest absolute Gasteiger partial charge is 0.438 e. The quantitative estimate of drug-likeness (QED) is 0.488. The fourth-order valence-corrected chi connectivity index (χ4v) is 1.81. The van der Waals surface area contributed by atoms with Crippen molar-refractivity contribution in [2.45, 2.75) is 0 Å². The van der Waals surface area contributed by atoms with E-state index in [1.54, 1.807) is 30.3 Å². The average Bonchev–Trinajstić information content (AvgIpc) is 2.48. The number of thiocarbonyl (C=S) groups is 1. The summed E-state index contributed by atoms with van der Waals surface area (Å²) >= 11 is 5.05. The fraction of sp³-hybridized carbons (Fsp3) is 0. The smallest absolute Gasteiger partial charge is 0.318 e. The summed E-state index contributed by atoms with van der Waals surface area (Å²) in [6.45, 7) is 0. The van der Waals surface area contributed by atoms with Crippen LogP contribution in [0.1, 0.15) is 5.56 Å². The van der Waals surface area contributed by atoms with E-state index in [9.17, 15) is 20.2 Å². The number of nitro benzene ring substituents is 2. The van der Waals surface area contributed by atoms with Crippen LogP contribution in [0, 0.1) is 20.2 Å². The van der Waals surface area contributed by atoms with Crippen LogP contribution in [0.2, 0.25) is 0 Å². The minimum Gasteiger partial charge on any atom is -0.438 e. The molecule has 0 heterocycles. The number of nitro groups is 2. The van der Waals surface area contributed by atoms with E-state index < -0.39 is 15.5 Å². The Bertz CT molecular complexity index is 718. The third-order valence-corrected chi connectivity index (χ3v) is 2.88. The van der Waals surface area contributed by atoms with E-state index in [1.807, 2.05) is 0 Å². The molecule has 0 spiro atoms. The number of nitrogens with zero attached hydrogens (tertiary/aromatic N) is 2. The summed E-state index contributed by atoms with van der Waals surface area (Å²) < 4.78 is 5.29. The third-order valence-electron chi connectivity index (χ3n) is 2.56. The highest BCUT2D eigenvalue weighted by atomic mass is 32.1. The van der Waals surface area contributed by atoms with Gasteiger partial charge in [0.1, 0.15) is 0 Å². The second kappa shape index (κ2) is 6.06. The molecule has 0 fully saturated rings. The summed E-state index contributed by atoms with van der Waals surface area (Å²) in [5.41, 5.74) is -0.317. The Morgan fingerprint density at radius 3 is 2.24 bits per heavy atom. The van der Waals surface area contributed by atoms with Crippen LogP contribution in [0.4, 0.5) is 11.4 Å². The molecule has 2 aromatic carbocycles. The predicted molar refractivity (Wildman–Crippen MR) is 78.5 cm³/mol. The first-order valence-electron chi connectivity index (χ1n) is 5.69. The first-order valence-corrected chi connectivity index (χ1v) is 6.10. The predicted octanol–water partition coefficient (Wildman–Crippen LogP) is 3.26. The van der Waals surface area contributed by atoms with Gasteiger partial charge in [0.15, 0.2) is 5.05 Å². The molecule has 0 aliphatic rings. The molecular formula is C13H8N2O5S. The van der Waals surface area contributed by atoms with Crippen molar-refractivity contribution in [3.05, 3.63) is 74.3 Å². The van der Waals surface area contributed by atoms with Crippen LogP contribution in [0.5, 0.6) is 5.75 Å². The van der Waals surface area contributed by atoms with Gasteiger partial charge in [-0.05, 0) is 18.3 Å². The molecule has 0 atom stereocenters. The Balaban J connectivity index is 2.34. The Hall–Kier alpha value is -2.87. The highest BCUT2D eigenvalue weighted by molar-refractivity contribution is 7.80. The molecule has 8 heteroatoms. The number of rotatable bonds is 4. The number of hydrogen-bond donors (Lipinski definition) is 0. The Kier molecular flexibility index (Phi) is 4.19. The van der Waals surface area contributed by atoms with Gasteiger partial charge in [-0.3, -0.25) is 20.2 Å². The van der Waals surface area contributed by atoms with Crippen molar-refractivity contribution >= 4 is 28.6 Å². The molecule has 0 unspecified atom stereocenters. The van der Waals surface area contributed by atoms with Crippen LogP contribution in [0.15, 0.2) is 48.5 Å². The van der Waals surface area contributed by atoms with Crippen LogP contribution >= 0.6 is 12.2 Å². The van der Waals surface area contributed by atoms with Crippen LogP contribution in [0.3, 0.4) is 0 Å². The van der Waals surface area contributed by atoms with Gasteiger partial charge in [-0.1, -0.05) is 30.3 Å². The number of ether oxygens (including phenoxy) is 1. The molecule has 0 saturated carbocycles. The van der Waals surface area contributed by atoms with E-state index in [4.69, 9.17) is 17.0 Å². The molecule has 0 aromatic heterocycles. The van der Waals surface area contributed by atoms with Crippen molar-refractivity contribution in [2.24, 2.45) is 0 Å². The average molecular weight is 304 g/mol. The topological polar surface area (TPSA) is 95.5 Å². The summed E-state index contributed by atoms with van der Waals surface area (Å²) in [7, 11) is 0. The number of hydrogen-bond acceptors (Lipinski definition) is 6. The van der Waals surface area contributed by atoms with Gasteiger partial charge in [-0.15, -0.1) is 0 Å².